The zero-order chi connectivity index (χ0) is 17.1. The molecule has 0 amide bonds. The Morgan fingerprint density at radius 2 is 2.00 bits per heavy atom. The van der Waals surface area contributed by atoms with Crippen molar-refractivity contribution in [2.45, 2.75) is 69.4 Å². The minimum absolute atomic E-state index is 0.270. The predicted molar refractivity (Wildman–Crippen MR) is 93.7 cm³/mol. The highest BCUT2D eigenvalue weighted by Gasteiger charge is 2.47. The van der Waals surface area contributed by atoms with Crippen LogP contribution in [0.5, 0.6) is 0 Å². The standard InChI is InChI=1S/C19H29N5O/c20-14-19(8-9-19)24-13-17(22-23-24)18(16-4-2-1-3-5-16)21-12-15-6-10-25-11-7-15/h13,15-16,18,21H,1-12H2. The highest BCUT2D eigenvalue weighted by molar-refractivity contribution is 5.17. The van der Waals surface area contributed by atoms with Crippen LogP contribution < -0.4 is 5.32 Å². The van der Waals surface area contributed by atoms with Crippen LogP contribution in [-0.4, -0.2) is 34.8 Å². The molecule has 1 aliphatic heterocycles. The van der Waals surface area contributed by atoms with E-state index < -0.39 is 5.54 Å². The molecule has 2 heterocycles. The average Bonchev–Trinajstić information content (AvgIpc) is 3.33. The van der Waals surface area contributed by atoms with Gasteiger partial charge in [-0.25, -0.2) is 4.68 Å². The second-order valence-corrected chi connectivity index (χ2v) is 8.07. The van der Waals surface area contributed by atoms with Crippen molar-refractivity contribution in [3.63, 3.8) is 0 Å². The van der Waals surface area contributed by atoms with Crippen molar-refractivity contribution in [2.75, 3.05) is 19.8 Å². The Bertz CT molecular complexity index is 606. The van der Waals surface area contributed by atoms with Crippen LogP contribution in [0.3, 0.4) is 0 Å². The largest absolute Gasteiger partial charge is 0.381 e. The molecule has 6 heteroatoms. The maximum atomic E-state index is 9.41. The van der Waals surface area contributed by atoms with Crippen LogP contribution in [0.15, 0.2) is 6.20 Å². The number of nitrogens with one attached hydrogen (secondary N) is 1. The predicted octanol–water partition coefficient (Wildman–Crippen LogP) is 2.93. The van der Waals surface area contributed by atoms with Gasteiger partial charge < -0.3 is 10.1 Å². The van der Waals surface area contributed by atoms with Gasteiger partial charge in [0.15, 0.2) is 5.54 Å². The van der Waals surface area contributed by atoms with E-state index in [1.807, 2.05) is 10.9 Å². The Morgan fingerprint density at radius 3 is 2.68 bits per heavy atom. The normalized spacial score (nSPS) is 25.4. The highest BCUT2D eigenvalue weighted by Crippen LogP contribution is 2.43. The lowest BCUT2D eigenvalue weighted by Gasteiger charge is -2.32. The molecule has 1 N–H and O–H groups in total. The molecule has 25 heavy (non-hydrogen) atoms. The minimum atomic E-state index is -0.414. The van der Waals surface area contributed by atoms with Gasteiger partial charge in [-0.15, -0.1) is 5.10 Å². The van der Waals surface area contributed by atoms with E-state index in [0.717, 1.165) is 51.1 Å². The minimum Gasteiger partial charge on any atom is -0.381 e. The lowest BCUT2D eigenvalue weighted by Crippen LogP contribution is -2.35. The molecule has 6 nitrogen and oxygen atoms in total. The fourth-order valence-electron chi connectivity index (χ4n) is 4.36. The van der Waals surface area contributed by atoms with E-state index in [9.17, 15) is 5.26 Å². The van der Waals surface area contributed by atoms with Gasteiger partial charge >= 0.3 is 0 Å². The summed E-state index contributed by atoms with van der Waals surface area (Å²) in [7, 11) is 0. The number of rotatable bonds is 6. The topological polar surface area (TPSA) is 75.8 Å². The van der Waals surface area contributed by atoms with Crippen molar-refractivity contribution >= 4 is 0 Å². The second-order valence-electron chi connectivity index (χ2n) is 8.07. The molecule has 1 unspecified atom stereocenters. The molecule has 0 radical (unpaired) electrons. The van der Waals surface area contributed by atoms with Crippen LogP contribution in [0.1, 0.15) is 69.5 Å². The Balaban J connectivity index is 1.47. The first-order valence-electron chi connectivity index (χ1n) is 9.96. The monoisotopic (exact) mass is 343 g/mol. The summed E-state index contributed by atoms with van der Waals surface area (Å²) in [5.74, 6) is 1.33. The Morgan fingerprint density at radius 1 is 1.24 bits per heavy atom. The van der Waals surface area contributed by atoms with E-state index in [1.165, 1.54) is 32.1 Å². The molecule has 1 aromatic rings. The molecule has 1 saturated heterocycles. The van der Waals surface area contributed by atoms with Gasteiger partial charge in [0.2, 0.25) is 0 Å². The maximum Gasteiger partial charge on any atom is 0.150 e. The molecule has 2 aliphatic carbocycles. The Hall–Kier alpha value is -1.45. The van der Waals surface area contributed by atoms with Crippen molar-refractivity contribution in [3.05, 3.63) is 11.9 Å². The van der Waals surface area contributed by atoms with E-state index in [-0.39, 0.29) is 6.04 Å². The number of hydrogen-bond donors (Lipinski definition) is 1. The zero-order valence-electron chi connectivity index (χ0n) is 15.0. The molecule has 0 spiro atoms. The second kappa shape index (κ2) is 7.43. The van der Waals surface area contributed by atoms with E-state index in [4.69, 9.17) is 4.74 Å². The van der Waals surface area contributed by atoms with E-state index in [1.54, 1.807) is 0 Å². The molecule has 3 fully saturated rings. The third-order valence-electron chi connectivity index (χ3n) is 6.29. The smallest absolute Gasteiger partial charge is 0.150 e. The van der Waals surface area contributed by atoms with Crippen molar-refractivity contribution in [2.24, 2.45) is 11.8 Å². The van der Waals surface area contributed by atoms with Gasteiger partial charge in [0, 0.05) is 13.2 Å². The fraction of sp³-hybridized carbons (Fsp3) is 0.842. The lowest BCUT2D eigenvalue weighted by atomic mass is 9.82. The van der Waals surface area contributed by atoms with Crippen LogP contribution in [0.4, 0.5) is 0 Å². The number of ether oxygens (including phenoxy) is 1. The number of nitriles is 1. The third kappa shape index (κ3) is 3.73. The SMILES string of the molecule is N#CC1(n2cc(C(NCC3CCOCC3)C3CCCCC3)nn2)CC1. The molecule has 3 aliphatic rings. The zero-order valence-corrected chi connectivity index (χ0v) is 15.0. The van der Waals surface area contributed by atoms with Gasteiger partial charge in [-0.05, 0) is 56.9 Å². The summed E-state index contributed by atoms with van der Waals surface area (Å²) in [6.07, 6.45) is 12.6. The summed E-state index contributed by atoms with van der Waals surface area (Å²) in [6, 6.07) is 2.68. The first-order valence-corrected chi connectivity index (χ1v) is 9.96. The van der Waals surface area contributed by atoms with Crippen molar-refractivity contribution in [3.8, 4) is 6.07 Å². The van der Waals surface area contributed by atoms with Crippen molar-refractivity contribution < 1.29 is 4.74 Å². The molecular weight excluding hydrogens is 314 g/mol. The molecular formula is C19H29N5O. The van der Waals surface area contributed by atoms with Crippen LogP contribution in [0.25, 0.3) is 0 Å². The summed E-state index contributed by atoms with van der Waals surface area (Å²) < 4.78 is 7.30. The van der Waals surface area contributed by atoms with E-state index >= 15 is 0 Å². The van der Waals surface area contributed by atoms with Gasteiger partial charge in [0.1, 0.15) is 0 Å². The summed E-state index contributed by atoms with van der Waals surface area (Å²) in [4.78, 5) is 0. The average molecular weight is 343 g/mol. The summed E-state index contributed by atoms with van der Waals surface area (Å²) in [6.45, 7) is 2.81. The highest BCUT2D eigenvalue weighted by atomic mass is 16.5. The third-order valence-corrected chi connectivity index (χ3v) is 6.29. The summed E-state index contributed by atoms with van der Waals surface area (Å²) in [5, 5.41) is 22.0. The Kier molecular flexibility index (Phi) is 5.05. The van der Waals surface area contributed by atoms with Gasteiger partial charge in [0.25, 0.3) is 0 Å². The number of aromatic nitrogens is 3. The van der Waals surface area contributed by atoms with Crippen LogP contribution in [0, 0.1) is 23.2 Å². The summed E-state index contributed by atoms with van der Waals surface area (Å²) in [5.41, 5.74) is 0.615. The van der Waals surface area contributed by atoms with E-state index in [0.29, 0.717) is 11.8 Å². The molecule has 1 atom stereocenters. The Labute approximate surface area is 149 Å². The first-order chi connectivity index (χ1) is 12.3. The molecule has 0 aromatic carbocycles. The van der Waals surface area contributed by atoms with Crippen LogP contribution >= 0.6 is 0 Å². The molecule has 2 saturated carbocycles. The van der Waals surface area contributed by atoms with Crippen LogP contribution in [-0.2, 0) is 10.3 Å². The van der Waals surface area contributed by atoms with Gasteiger partial charge in [-0.1, -0.05) is 24.5 Å². The molecule has 1 aromatic heterocycles. The van der Waals surface area contributed by atoms with Crippen molar-refractivity contribution in [1.29, 1.82) is 5.26 Å². The quantitative estimate of drug-likeness (QED) is 0.859. The molecule has 136 valence electrons. The van der Waals surface area contributed by atoms with Gasteiger partial charge in [-0.2, -0.15) is 5.26 Å². The van der Waals surface area contributed by atoms with Crippen molar-refractivity contribution in [1.82, 2.24) is 20.3 Å². The van der Waals surface area contributed by atoms with Gasteiger partial charge in [0.05, 0.1) is 24.0 Å². The van der Waals surface area contributed by atoms with Gasteiger partial charge in [-0.3, -0.25) is 0 Å². The van der Waals surface area contributed by atoms with Crippen LogP contribution in [0.2, 0.25) is 0 Å². The van der Waals surface area contributed by atoms with E-state index in [2.05, 4.69) is 21.7 Å². The first kappa shape index (κ1) is 17.0. The molecule has 0 bridgehead atoms. The maximum absolute atomic E-state index is 9.41. The molecule has 4 rings (SSSR count). The number of hydrogen-bond acceptors (Lipinski definition) is 5. The number of nitrogens with zero attached hydrogens (tertiary/aromatic N) is 4. The lowest BCUT2D eigenvalue weighted by molar-refractivity contribution is 0.0642. The summed E-state index contributed by atoms with van der Waals surface area (Å²) >= 11 is 0. The fourth-order valence-corrected chi connectivity index (χ4v) is 4.36.